The number of nitrogens with two attached hydrogens (primary N) is 1. The molecule has 1 aliphatic carbocycles. The van der Waals surface area contributed by atoms with E-state index in [0.29, 0.717) is 18.5 Å². The summed E-state index contributed by atoms with van der Waals surface area (Å²) in [6.07, 6.45) is 4.40. The van der Waals surface area contributed by atoms with Crippen molar-refractivity contribution in [1.82, 2.24) is 10.6 Å². The monoisotopic (exact) mass is 213 g/mol. The molecule has 15 heavy (non-hydrogen) atoms. The van der Waals surface area contributed by atoms with Crippen LogP contribution in [0.2, 0.25) is 0 Å². The Labute approximate surface area is 92.0 Å². The predicted octanol–water partition coefficient (Wildman–Crippen LogP) is 1.21. The number of hydrogen-bond donors (Lipinski definition) is 3. The van der Waals surface area contributed by atoms with E-state index in [4.69, 9.17) is 5.73 Å². The van der Waals surface area contributed by atoms with Gasteiger partial charge in [0.2, 0.25) is 0 Å². The van der Waals surface area contributed by atoms with E-state index in [9.17, 15) is 4.79 Å². The lowest BCUT2D eigenvalue weighted by molar-refractivity contribution is 0.223. The lowest BCUT2D eigenvalue weighted by Gasteiger charge is -2.28. The summed E-state index contributed by atoms with van der Waals surface area (Å²) >= 11 is 0. The molecular formula is C11H23N3O. The minimum absolute atomic E-state index is 0.0594. The van der Waals surface area contributed by atoms with Gasteiger partial charge in [-0.25, -0.2) is 4.79 Å². The molecule has 1 atom stereocenters. The minimum Gasteiger partial charge on any atom is -0.335 e. The summed E-state index contributed by atoms with van der Waals surface area (Å²) in [7, 11) is 0. The highest BCUT2D eigenvalue weighted by Gasteiger charge is 2.20. The summed E-state index contributed by atoms with van der Waals surface area (Å²) in [6.45, 7) is 4.78. The third kappa shape index (κ3) is 4.51. The van der Waals surface area contributed by atoms with Crippen LogP contribution in [-0.4, -0.2) is 24.7 Å². The van der Waals surface area contributed by atoms with E-state index in [1.807, 2.05) is 0 Å². The molecule has 0 aromatic carbocycles. The van der Waals surface area contributed by atoms with E-state index >= 15 is 0 Å². The van der Waals surface area contributed by atoms with Gasteiger partial charge >= 0.3 is 6.03 Å². The molecule has 1 unspecified atom stereocenters. The molecule has 4 nitrogen and oxygen atoms in total. The molecule has 1 rings (SSSR count). The van der Waals surface area contributed by atoms with Gasteiger partial charge in [0.15, 0.2) is 0 Å². The Bertz CT molecular complexity index is 202. The first-order chi connectivity index (χ1) is 7.11. The van der Waals surface area contributed by atoms with Crippen molar-refractivity contribution in [3.8, 4) is 0 Å². The molecule has 88 valence electrons. The van der Waals surface area contributed by atoms with Crippen molar-refractivity contribution in [3.63, 3.8) is 0 Å². The quantitative estimate of drug-likeness (QED) is 0.642. The molecule has 0 radical (unpaired) electrons. The number of amides is 2. The van der Waals surface area contributed by atoms with Crippen LogP contribution in [0.4, 0.5) is 4.79 Å². The van der Waals surface area contributed by atoms with Gasteiger partial charge in [-0.3, -0.25) is 0 Å². The maximum Gasteiger partial charge on any atom is 0.315 e. The Kier molecular flexibility index (Phi) is 4.88. The Morgan fingerprint density at radius 3 is 2.53 bits per heavy atom. The van der Waals surface area contributed by atoms with Crippen molar-refractivity contribution in [1.29, 1.82) is 0 Å². The summed E-state index contributed by atoms with van der Waals surface area (Å²) in [5, 5.41) is 5.87. The molecule has 1 aliphatic rings. The second kappa shape index (κ2) is 5.95. The Morgan fingerprint density at radius 1 is 1.47 bits per heavy atom. The van der Waals surface area contributed by atoms with Crippen LogP contribution in [0.1, 0.15) is 39.5 Å². The van der Waals surface area contributed by atoms with Crippen molar-refractivity contribution >= 4 is 6.03 Å². The smallest absolute Gasteiger partial charge is 0.315 e. The van der Waals surface area contributed by atoms with E-state index < -0.39 is 0 Å². The molecule has 2 amide bonds. The van der Waals surface area contributed by atoms with Gasteiger partial charge < -0.3 is 16.4 Å². The zero-order valence-electron chi connectivity index (χ0n) is 9.75. The van der Waals surface area contributed by atoms with Gasteiger partial charge in [-0.15, -0.1) is 0 Å². The number of hydrogen-bond acceptors (Lipinski definition) is 2. The van der Waals surface area contributed by atoms with Gasteiger partial charge in [0.25, 0.3) is 0 Å². The molecule has 0 spiro atoms. The van der Waals surface area contributed by atoms with Crippen molar-refractivity contribution < 1.29 is 4.79 Å². The van der Waals surface area contributed by atoms with E-state index in [1.54, 1.807) is 0 Å². The van der Waals surface area contributed by atoms with Crippen LogP contribution in [0, 0.1) is 5.92 Å². The zero-order chi connectivity index (χ0) is 11.3. The van der Waals surface area contributed by atoms with E-state index in [0.717, 1.165) is 19.3 Å². The lowest BCUT2D eigenvalue weighted by Crippen LogP contribution is -2.50. The molecule has 0 aliphatic heterocycles. The van der Waals surface area contributed by atoms with Crippen molar-refractivity contribution in [2.75, 3.05) is 6.54 Å². The molecule has 0 saturated heterocycles. The molecule has 4 N–H and O–H groups in total. The zero-order valence-corrected chi connectivity index (χ0v) is 9.75. The summed E-state index contributed by atoms with van der Waals surface area (Å²) in [6, 6.07) is 0.434. The lowest BCUT2D eigenvalue weighted by atomic mass is 9.93. The highest BCUT2D eigenvalue weighted by atomic mass is 16.2. The molecule has 0 bridgehead atoms. The second-order valence-electron chi connectivity index (χ2n) is 4.81. The van der Waals surface area contributed by atoms with Crippen LogP contribution >= 0.6 is 0 Å². The third-order valence-corrected chi connectivity index (χ3v) is 2.82. The molecule has 0 heterocycles. The van der Waals surface area contributed by atoms with Crippen molar-refractivity contribution in [2.24, 2.45) is 11.7 Å². The first-order valence-electron chi connectivity index (χ1n) is 5.89. The van der Waals surface area contributed by atoms with E-state index in [1.165, 1.54) is 6.42 Å². The first kappa shape index (κ1) is 12.3. The Morgan fingerprint density at radius 2 is 2.13 bits per heavy atom. The van der Waals surface area contributed by atoms with Crippen LogP contribution in [0.25, 0.3) is 0 Å². The molecular weight excluding hydrogens is 190 g/mol. The molecule has 0 aromatic heterocycles. The fourth-order valence-corrected chi connectivity index (χ4v) is 1.75. The fourth-order valence-electron chi connectivity index (χ4n) is 1.75. The van der Waals surface area contributed by atoms with E-state index in [-0.39, 0.29) is 12.1 Å². The fraction of sp³-hybridized carbons (Fsp3) is 0.909. The van der Waals surface area contributed by atoms with Crippen molar-refractivity contribution in [3.05, 3.63) is 0 Å². The van der Waals surface area contributed by atoms with E-state index in [2.05, 4.69) is 24.5 Å². The maximum atomic E-state index is 11.5. The maximum absolute atomic E-state index is 11.5. The van der Waals surface area contributed by atoms with Crippen LogP contribution in [0.3, 0.4) is 0 Å². The number of carbonyl (C=O) groups is 1. The topological polar surface area (TPSA) is 67.1 Å². The summed E-state index contributed by atoms with van der Waals surface area (Å²) < 4.78 is 0. The van der Waals surface area contributed by atoms with Gasteiger partial charge in [-0.05, 0) is 31.6 Å². The van der Waals surface area contributed by atoms with Gasteiger partial charge in [0.05, 0.1) is 0 Å². The summed E-state index contributed by atoms with van der Waals surface area (Å²) in [4.78, 5) is 11.5. The van der Waals surface area contributed by atoms with Gasteiger partial charge in [-0.2, -0.15) is 0 Å². The number of carbonyl (C=O) groups excluding carboxylic acids is 1. The molecule has 0 aromatic rings. The average Bonchev–Trinajstić information content (AvgIpc) is 2.09. The van der Waals surface area contributed by atoms with Crippen molar-refractivity contribution in [2.45, 2.75) is 51.6 Å². The first-order valence-corrected chi connectivity index (χ1v) is 5.89. The largest absolute Gasteiger partial charge is 0.335 e. The summed E-state index contributed by atoms with van der Waals surface area (Å²) in [5.41, 5.74) is 5.60. The number of urea groups is 1. The minimum atomic E-state index is -0.0594. The van der Waals surface area contributed by atoms with Gasteiger partial charge in [0.1, 0.15) is 0 Å². The second-order valence-corrected chi connectivity index (χ2v) is 4.81. The van der Waals surface area contributed by atoms with Crippen LogP contribution in [0.15, 0.2) is 0 Å². The van der Waals surface area contributed by atoms with Crippen LogP contribution < -0.4 is 16.4 Å². The van der Waals surface area contributed by atoms with Gasteiger partial charge in [0, 0.05) is 18.6 Å². The standard InChI is InChI=1S/C11H23N3O/c1-8(2)6-10(7-12)14-11(15)13-9-4-3-5-9/h8-10H,3-7,12H2,1-2H3,(H2,13,14,15). The predicted molar refractivity (Wildman–Crippen MR) is 61.6 cm³/mol. The summed E-state index contributed by atoms with van der Waals surface area (Å²) in [5.74, 6) is 0.558. The Hall–Kier alpha value is -0.770. The highest BCUT2D eigenvalue weighted by Crippen LogP contribution is 2.17. The number of nitrogens with one attached hydrogen (secondary N) is 2. The average molecular weight is 213 g/mol. The SMILES string of the molecule is CC(C)CC(CN)NC(=O)NC1CCC1. The third-order valence-electron chi connectivity index (χ3n) is 2.82. The Balaban J connectivity index is 2.20. The normalized spacial score (nSPS) is 18.4. The van der Waals surface area contributed by atoms with Crippen LogP contribution in [-0.2, 0) is 0 Å². The van der Waals surface area contributed by atoms with Crippen LogP contribution in [0.5, 0.6) is 0 Å². The highest BCUT2D eigenvalue weighted by molar-refractivity contribution is 5.74. The van der Waals surface area contributed by atoms with Gasteiger partial charge in [-0.1, -0.05) is 13.8 Å². The number of rotatable bonds is 5. The molecule has 4 heteroatoms. The molecule has 1 fully saturated rings. The molecule has 1 saturated carbocycles.